The van der Waals surface area contributed by atoms with E-state index in [1.165, 1.54) is 6.07 Å². The standard InChI is InChI=1S/C19H12N2O4/c22-15-10-17(25-16-4-2-1-3-13(15)16)12-7-5-11(6-8-12)9-14-18(23)21-19(24)20-14/h1-10H,(H2,20,21,23,24)/b14-9-. The van der Waals surface area contributed by atoms with E-state index in [0.29, 0.717) is 16.7 Å². The van der Waals surface area contributed by atoms with Crippen molar-refractivity contribution in [2.24, 2.45) is 0 Å². The summed E-state index contributed by atoms with van der Waals surface area (Å²) in [6, 6.07) is 15.1. The predicted molar refractivity (Wildman–Crippen MR) is 92.6 cm³/mol. The number of benzene rings is 2. The van der Waals surface area contributed by atoms with Gasteiger partial charge in [-0.25, -0.2) is 4.79 Å². The summed E-state index contributed by atoms with van der Waals surface area (Å²) in [4.78, 5) is 34.8. The van der Waals surface area contributed by atoms with Gasteiger partial charge < -0.3 is 9.73 Å². The molecule has 0 unspecified atom stereocenters. The second-order valence-corrected chi connectivity index (χ2v) is 5.56. The summed E-state index contributed by atoms with van der Waals surface area (Å²) in [5.74, 6) is 0.00409. The number of rotatable bonds is 2. The number of carbonyl (C=O) groups excluding carboxylic acids is 2. The average molecular weight is 332 g/mol. The van der Waals surface area contributed by atoms with E-state index < -0.39 is 11.9 Å². The highest BCUT2D eigenvalue weighted by Crippen LogP contribution is 2.23. The van der Waals surface area contributed by atoms with Crippen LogP contribution in [0.5, 0.6) is 0 Å². The lowest BCUT2D eigenvalue weighted by molar-refractivity contribution is -0.115. The van der Waals surface area contributed by atoms with Gasteiger partial charge in [-0.05, 0) is 23.8 Å². The quantitative estimate of drug-likeness (QED) is 0.558. The lowest BCUT2D eigenvalue weighted by atomic mass is 10.1. The molecular weight excluding hydrogens is 320 g/mol. The maximum Gasteiger partial charge on any atom is 0.326 e. The molecule has 0 aliphatic carbocycles. The topological polar surface area (TPSA) is 88.4 Å². The zero-order valence-electron chi connectivity index (χ0n) is 12.9. The Balaban J connectivity index is 1.69. The van der Waals surface area contributed by atoms with E-state index >= 15 is 0 Å². The summed E-state index contributed by atoms with van der Waals surface area (Å²) in [5, 5.41) is 5.11. The number of amides is 3. The number of hydrogen-bond donors (Lipinski definition) is 2. The fourth-order valence-corrected chi connectivity index (χ4v) is 2.64. The van der Waals surface area contributed by atoms with Gasteiger partial charge in [0, 0.05) is 11.6 Å². The van der Waals surface area contributed by atoms with Crippen LogP contribution in [0, 0.1) is 0 Å². The molecule has 1 saturated heterocycles. The molecule has 0 saturated carbocycles. The summed E-state index contributed by atoms with van der Waals surface area (Å²) < 4.78 is 5.80. The molecule has 3 amide bonds. The van der Waals surface area contributed by atoms with Crippen LogP contribution in [-0.4, -0.2) is 11.9 Å². The maximum absolute atomic E-state index is 12.2. The van der Waals surface area contributed by atoms with Gasteiger partial charge in [0.2, 0.25) is 0 Å². The molecule has 4 rings (SSSR count). The Labute approximate surface area is 141 Å². The van der Waals surface area contributed by atoms with E-state index in [4.69, 9.17) is 4.42 Å². The molecule has 25 heavy (non-hydrogen) atoms. The number of para-hydroxylation sites is 1. The first kappa shape index (κ1) is 14.9. The molecule has 0 bridgehead atoms. The van der Waals surface area contributed by atoms with Crippen molar-refractivity contribution in [3.8, 4) is 11.3 Å². The summed E-state index contributed by atoms with van der Waals surface area (Å²) in [5.41, 5.74) is 2.09. The van der Waals surface area contributed by atoms with Gasteiger partial charge >= 0.3 is 6.03 Å². The minimum atomic E-state index is -0.536. The second kappa shape index (κ2) is 5.76. The molecule has 0 atom stereocenters. The lowest BCUT2D eigenvalue weighted by Crippen LogP contribution is -2.22. The Morgan fingerprint density at radius 2 is 1.64 bits per heavy atom. The van der Waals surface area contributed by atoms with E-state index in [-0.39, 0.29) is 11.1 Å². The zero-order valence-corrected chi connectivity index (χ0v) is 12.9. The molecule has 1 aromatic heterocycles. The predicted octanol–water partition coefficient (Wildman–Crippen LogP) is 2.64. The Morgan fingerprint density at radius 3 is 2.36 bits per heavy atom. The molecule has 0 spiro atoms. The number of carbonyl (C=O) groups is 2. The minimum absolute atomic E-state index is 0.103. The van der Waals surface area contributed by atoms with E-state index in [2.05, 4.69) is 10.6 Å². The highest BCUT2D eigenvalue weighted by atomic mass is 16.3. The zero-order chi connectivity index (χ0) is 17.4. The van der Waals surface area contributed by atoms with E-state index in [9.17, 15) is 14.4 Å². The van der Waals surface area contributed by atoms with Crippen LogP contribution in [-0.2, 0) is 4.79 Å². The van der Waals surface area contributed by atoms with Gasteiger partial charge in [0.25, 0.3) is 5.91 Å². The van der Waals surface area contributed by atoms with Gasteiger partial charge in [-0.15, -0.1) is 0 Å². The first-order valence-electron chi connectivity index (χ1n) is 7.57. The highest BCUT2D eigenvalue weighted by Gasteiger charge is 2.22. The molecule has 3 aromatic rings. The Morgan fingerprint density at radius 1 is 0.880 bits per heavy atom. The van der Waals surface area contributed by atoms with Crippen LogP contribution in [0.1, 0.15) is 5.56 Å². The number of urea groups is 1. The number of fused-ring (bicyclic) bond motifs is 1. The first-order valence-corrected chi connectivity index (χ1v) is 7.57. The number of nitrogens with one attached hydrogen (secondary N) is 2. The fourth-order valence-electron chi connectivity index (χ4n) is 2.64. The van der Waals surface area contributed by atoms with Gasteiger partial charge in [-0.1, -0.05) is 36.4 Å². The number of imide groups is 1. The van der Waals surface area contributed by atoms with Gasteiger partial charge in [-0.3, -0.25) is 14.9 Å². The highest BCUT2D eigenvalue weighted by molar-refractivity contribution is 6.14. The fraction of sp³-hybridized carbons (Fsp3) is 0. The van der Waals surface area contributed by atoms with E-state index in [1.54, 1.807) is 48.5 Å². The third kappa shape index (κ3) is 2.81. The van der Waals surface area contributed by atoms with Gasteiger partial charge in [-0.2, -0.15) is 0 Å². The molecule has 2 N–H and O–H groups in total. The lowest BCUT2D eigenvalue weighted by Gasteiger charge is -2.04. The van der Waals surface area contributed by atoms with Crippen LogP contribution in [0.2, 0.25) is 0 Å². The molecule has 6 nitrogen and oxygen atoms in total. The van der Waals surface area contributed by atoms with Crippen molar-refractivity contribution >= 4 is 29.0 Å². The maximum atomic E-state index is 12.2. The van der Waals surface area contributed by atoms with Crippen molar-refractivity contribution in [3.05, 3.63) is 76.1 Å². The van der Waals surface area contributed by atoms with E-state index in [0.717, 1.165) is 11.1 Å². The Bertz CT molecular complexity index is 1090. The second-order valence-electron chi connectivity index (χ2n) is 5.56. The van der Waals surface area contributed by atoms with Crippen LogP contribution in [0.3, 0.4) is 0 Å². The molecule has 1 fully saturated rings. The summed E-state index contributed by atoms with van der Waals surface area (Å²) in [7, 11) is 0. The SMILES string of the molecule is O=C1NC(=O)/C(=C/c2ccc(-c3cc(=O)c4ccccc4o3)cc2)N1. The molecule has 1 aliphatic heterocycles. The molecule has 1 aliphatic rings. The molecule has 2 aromatic carbocycles. The average Bonchev–Trinajstić information content (AvgIpc) is 2.93. The number of hydrogen-bond acceptors (Lipinski definition) is 4. The summed E-state index contributed by atoms with van der Waals surface area (Å²) in [6.07, 6.45) is 1.57. The van der Waals surface area contributed by atoms with Crippen LogP contribution in [0.25, 0.3) is 28.4 Å². The van der Waals surface area contributed by atoms with Crippen LogP contribution >= 0.6 is 0 Å². The van der Waals surface area contributed by atoms with Crippen molar-refractivity contribution in [1.29, 1.82) is 0 Å². The molecule has 6 heteroatoms. The van der Waals surface area contributed by atoms with E-state index in [1.807, 2.05) is 6.07 Å². The molecule has 0 radical (unpaired) electrons. The van der Waals surface area contributed by atoms with Crippen molar-refractivity contribution < 1.29 is 14.0 Å². The third-order valence-electron chi connectivity index (χ3n) is 3.86. The molecule has 122 valence electrons. The molecule has 2 heterocycles. The Hall–Kier alpha value is -3.67. The van der Waals surface area contributed by atoms with Crippen molar-refractivity contribution in [1.82, 2.24) is 10.6 Å². The third-order valence-corrected chi connectivity index (χ3v) is 3.86. The van der Waals surface area contributed by atoms with Crippen LogP contribution < -0.4 is 16.1 Å². The van der Waals surface area contributed by atoms with Crippen LogP contribution in [0.4, 0.5) is 4.79 Å². The van der Waals surface area contributed by atoms with Gasteiger partial charge in [0.15, 0.2) is 5.43 Å². The minimum Gasteiger partial charge on any atom is -0.456 e. The van der Waals surface area contributed by atoms with Crippen LogP contribution in [0.15, 0.2) is 69.5 Å². The molecular formula is C19H12N2O4. The normalized spacial score (nSPS) is 15.4. The Kier molecular flexibility index (Phi) is 3.43. The smallest absolute Gasteiger partial charge is 0.326 e. The van der Waals surface area contributed by atoms with Crippen molar-refractivity contribution in [2.45, 2.75) is 0 Å². The van der Waals surface area contributed by atoms with Crippen molar-refractivity contribution in [3.63, 3.8) is 0 Å². The van der Waals surface area contributed by atoms with Gasteiger partial charge in [0.1, 0.15) is 17.0 Å². The first-order chi connectivity index (χ1) is 12.1. The van der Waals surface area contributed by atoms with Gasteiger partial charge in [0.05, 0.1) is 5.39 Å². The summed E-state index contributed by atoms with van der Waals surface area (Å²) in [6.45, 7) is 0. The summed E-state index contributed by atoms with van der Waals surface area (Å²) >= 11 is 0. The van der Waals surface area contributed by atoms with Crippen molar-refractivity contribution in [2.75, 3.05) is 0 Å². The monoisotopic (exact) mass is 332 g/mol. The largest absolute Gasteiger partial charge is 0.456 e.